The van der Waals surface area contributed by atoms with Crippen LogP contribution in [0, 0.1) is 11.8 Å². The van der Waals surface area contributed by atoms with Crippen LogP contribution in [0.25, 0.3) is 0 Å². The first kappa shape index (κ1) is 14.0. The van der Waals surface area contributed by atoms with Crippen LogP contribution in [-0.4, -0.2) is 49.2 Å². The van der Waals surface area contributed by atoms with Crippen LogP contribution in [0.15, 0.2) is 0 Å². The summed E-state index contributed by atoms with van der Waals surface area (Å²) in [5.41, 5.74) is 0. The Labute approximate surface area is 102 Å². The Bertz CT molecular complexity index is 278. The van der Waals surface area contributed by atoms with Crippen LogP contribution < -0.4 is 0 Å². The Hall–Kier alpha value is -1.10. The lowest BCUT2D eigenvalue weighted by molar-refractivity contribution is -0.159. The highest BCUT2D eigenvalue weighted by atomic mass is 16.5. The standard InChI is InChI=1S/C12H21NO4/c1-13(2)7-8-17-12(16)10-6-4-3-5-9(10)11(14)15/h9-10H,3-8H2,1-2H3,(H,14,15). The second kappa shape index (κ2) is 6.59. The molecule has 1 fully saturated rings. The fourth-order valence-electron chi connectivity index (χ4n) is 2.14. The summed E-state index contributed by atoms with van der Waals surface area (Å²) >= 11 is 0. The van der Waals surface area contributed by atoms with Crippen LogP contribution in [0.1, 0.15) is 25.7 Å². The third-order valence-corrected chi connectivity index (χ3v) is 3.17. The van der Waals surface area contributed by atoms with Gasteiger partial charge in [-0.2, -0.15) is 0 Å². The highest BCUT2D eigenvalue weighted by Gasteiger charge is 2.36. The summed E-state index contributed by atoms with van der Waals surface area (Å²) < 4.78 is 5.13. The van der Waals surface area contributed by atoms with Crippen molar-refractivity contribution in [3.05, 3.63) is 0 Å². The molecule has 0 spiro atoms. The third-order valence-electron chi connectivity index (χ3n) is 3.17. The number of carbonyl (C=O) groups excluding carboxylic acids is 1. The highest BCUT2D eigenvalue weighted by molar-refractivity contribution is 5.81. The van der Waals surface area contributed by atoms with E-state index in [9.17, 15) is 9.59 Å². The van der Waals surface area contributed by atoms with E-state index in [0.29, 0.717) is 26.0 Å². The van der Waals surface area contributed by atoms with Gasteiger partial charge < -0.3 is 14.7 Å². The number of hydrogen-bond donors (Lipinski definition) is 1. The Kier molecular flexibility index (Phi) is 5.41. The summed E-state index contributed by atoms with van der Waals surface area (Å²) in [5.74, 6) is -2.24. The minimum absolute atomic E-state index is 0.328. The van der Waals surface area contributed by atoms with Crippen molar-refractivity contribution in [1.82, 2.24) is 4.90 Å². The topological polar surface area (TPSA) is 66.8 Å². The minimum atomic E-state index is -0.876. The Morgan fingerprint density at radius 1 is 1.24 bits per heavy atom. The molecule has 0 bridgehead atoms. The molecule has 5 nitrogen and oxygen atoms in total. The van der Waals surface area contributed by atoms with Gasteiger partial charge in [-0.3, -0.25) is 9.59 Å². The summed E-state index contributed by atoms with van der Waals surface area (Å²) in [6.07, 6.45) is 3.02. The number of rotatable bonds is 5. The molecule has 1 N–H and O–H groups in total. The van der Waals surface area contributed by atoms with Gasteiger partial charge in [-0.15, -0.1) is 0 Å². The molecule has 17 heavy (non-hydrogen) atoms. The molecule has 0 aliphatic heterocycles. The van der Waals surface area contributed by atoms with Gasteiger partial charge >= 0.3 is 11.9 Å². The predicted octanol–water partition coefficient (Wildman–Crippen LogP) is 0.982. The van der Waals surface area contributed by atoms with E-state index in [1.54, 1.807) is 0 Å². The SMILES string of the molecule is CN(C)CCOC(=O)C1CCCCC1C(=O)O. The monoisotopic (exact) mass is 243 g/mol. The summed E-state index contributed by atoms with van der Waals surface area (Å²) in [6.45, 7) is 0.991. The number of hydrogen-bond acceptors (Lipinski definition) is 4. The largest absolute Gasteiger partial charge is 0.481 e. The lowest BCUT2D eigenvalue weighted by atomic mass is 9.79. The molecule has 2 atom stereocenters. The average molecular weight is 243 g/mol. The first-order chi connectivity index (χ1) is 8.02. The number of carboxylic acid groups (broad SMARTS) is 1. The molecule has 98 valence electrons. The number of aliphatic carboxylic acids is 1. The van der Waals surface area contributed by atoms with Crippen LogP contribution >= 0.6 is 0 Å². The molecular formula is C12H21NO4. The van der Waals surface area contributed by atoms with Gasteiger partial charge in [-0.1, -0.05) is 12.8 Å². The van der Waals surface area contributed by atoms with Crippen LogP contribution in [0.3, 0.4) is 0 Å². The molecule has 2 unspecified atom stereocenters. The summed E-state index contributed by atoms with van der Waals surface area (Å²) in [5, 5.41) is 9.06. The number of carbonyl (C=O) groups is 2. The molecule has 0 heterocycles. The molecule has 5 heteroatoms. The van der Waals surface area contributed by atoms with Crippen molar-refractivity contribution in [1.29, 1.82) is 0 Å². The maximum atomic E-state index is 11.8. The van der Waals surface area contributed by atoms with Crippen molar-refractivity contribution in [3.63, 3.8) is 0 Å². The predicted molar refractivity (Wildman–Crippen MR) is 62.6 cm³/mol. The van der Waals surface area contributed by atoms with Crippen LogP contribution in [0.4, 0.5) is 0 Å². The molecule has 0 aromatic heterocycles. The normalized spacial score (nSPS) is 24.6. The number of nitrogens with zero attached hydrogens (tertiary/aromatic N) is 1. The van der Waals surface area contributed by atoms with Gasteiger partial charge in [-0.25, -0.2) is 0 Å². The Balaban J connectivity index is 2.45. The molecule has 1 saturated carbocycles. The molecule has 1 aliphatic carbocycles. The van der Waals surface area contributed by atoms with Crippen molar-refractivity contribution in [2.75, 3.05) is 27.2 Å². The van der Waals surface area contributed by atoms with E-state index in [0.717, 1.165) is 12.8 Å². The van der Waals surface area contributed by atoms with E-state index in [1.165, 1.54) is 0 Å². The van der Waals surface area contributed by atoms with E-state index in [2.05, 4.69) is 0 Å². The van der Waals surface area contributed by atoms with Crippen molar-refractivity contribution < 1.29 is 19.4 Å². The zero-order chi connectivity index (χ0) is 12.8. The summed E-state index contributed by atoms with van der Waals surface area (Å²) in [7, 11) is 3.79. The lowest BCUT2D eigenvalue weighted by Crippen LogP contribution is -2.34. The van der Waals surface area contributed by atoms with Crippen LogP contribution in [0.2, 0.25) is 0 Å². The van der Waals surface area contributed by atoms with Gasteiger partial charge in [0.1, 0.15) is 6.61 Å². The fourth-order valence-corrected chi connectivity index (χ4v) is 2.14. The highest BCUT2D eigenvalue weighted by Crippen LogP contribution is 2.31. The quantitative estimate of drug-likeness (QED) is 0.729. The van der Waals surface area contributed by atoms with Gasteiger partial charge in [-0.05, 0) is 26.9 Å². The van der Waals surface area contributed by atoms with Gasteiger partial charge in [0, 0.05) is 6.54 Å². The zero-order valence-corrected chi connectivity index (χ0v) is 10.5. The third kappa shape index (κ3) is 4.34. The van der Waals surface area contributed by atoms with Crippen molar-refractivity contribution in [2.45, 2.75) is 25.7 Å². The van der Waals surface area contributed by atoms with Crippen molar-refractivity contribution in [3.8, 4) is 0 Å². The first-order valence-electron chi connectivity index (χ1n) is 6.06. The number of esters is 1. The maximum absolute atomic E-state index is 11.8. The maximum Gasteiger partial charge on any atom is 0.309 e. The second-order valence-corrected chi connectivity index (χ2v) is 4.81. The van der Waals surface area contributed by atoms with Crippen molar-refractivity contribution >= 4 is 11.9 Å². The Morgan fingerprint density at radius 2 is 1.82 bits per heavy atom. The van der Waals surface area contributed by atoms with Crippen LogP contribution in [-0.2, 0) is 14.3 Å². The van der Waals surface area contributed by atoms with E-state index < -0.39 is 17.8 Å². The second-order valence-electron chi connectivity index (χ2n) is 4.81. The number of likely N-dealkylation sites (N-methyl/N-ethyl adjacent to an activating group) is 1. The van der Waals surface area contributed by atoms with Gasteiger partial charge in [0.05, 0.1) is 11.8 Å². The molecule has 0 saturated heterocycles. The van der Waals surface area contributed by atoms with Gasteiger partial charge in [0.15, 0.2) is 0 Å². The zero-order valence-electron chi connectivity index (χ0n) is 10.5. The molecule has 0 amide bonds. The lowest BCUT2D eigenvalue weighted by Gasteiger charge is -2.26. The van der Waals surface area contributed by atoms with E-state index in [1.807, 2.05) is 19.0 Å². The fraction of sp³-hybridized carbons (Fsp3) is 0.833. The molecule has 0 radical (unpaired) electrons. The Morgan fingerprint density at radius 3 is 2.35 bits per heavy atom. The van der Waals surface area contributed by atoms with Gasteiger partial charge in [0.2, 0.25) is 0 Å². The molecular weight excluding hydrogens is 222 g/mol. The number of carboxylic acids is 1. The smallest absolute Gasteiger partial charge is 0.309 e. The molecule has 0 aromatic rings. The molecule has 1 rings (SSSR count). The summed E-state index contributed by atoms with van der Waals surface area (Å²) in [6, 6.07) is 0. The van der Waals surface area contributed by atoms with E-state index in [-0.39, 0.29) is 5.97 Å². The first-order valence-corrected chi connectivity index (χ1v) is 6.06. The van der Waals surface area contributed by atoms with E-state index in [4.69, 9.17) is 9.84 Å². The minimum Gasteiger partial charge on any atom is -0.481 e. The molecule has 1 aliphatic rings. The van der Waals surface area contributed by atoms with Crippen molar-refractivity contribution in [2.24, 2.45) is 11.8 Å². The average Bonchev–Trinajstić information content (AvgIpc) is 2.28. The molecule has 0 aromatic carbocycles. The number of ether oxygens (including phenoxy) is 1. The summed E-state index contributed by atoms with van der Waals surface area (Å²) in [4.78, 5) is 24.7. The van der Waals surface area contributed by atoms with Gasteiger partial charge in [0.25, 0.3) is 0 Å². The van der Waals surface area contributed by atoms with E-state index >= 15 is 0 Å². The van der Waals surface area contributed by atoms with Crippen LogP contribution in [0.5, 0.6) is 0 Å².